The summed E-state index contributed by atoms with van der Waals surface area (Å²) in [6.45, 7) is 11.1. The second-order valence-electron chi connectivity index (χ2n) is 7.95. The van der Waals surface area contributed by atoms with Crippen LogP contribution in [0.3, 0.4) is 0 Å². The lowest BCUT2D eigenvalue weighted by Gasteiger charge is -2.29. The van der Waals surface area contributed by atoms with Crippen molar-refractivity contribution in [1.29, 1.82) is 0 Å². The summed E-state index contributed by atoms with van der Waals surface area (Å²) in [5, 5.41) is 4.86. The smallest absolute Gasteiger partial charge is 0.410 e. The highest BCUT2D eigenvalue weighted by molar-refractivity contribution is 9.10. The van der Waals surface area contributed by atoms with E-state index in [2.05, 4.69) is 48.0 Å². The molecule has 6 heteroatoms. The Hall–Kier alpha value is -1.82. The van der Waals surface area contributed by atoms with E-state index in [1.54, 1.807) is 4.90 Å². The number of amides is 1. The fourth-order valence-electron chi connectivity index (χ4n) is 3.31. The lowest BCUT2D eigenvalue weighted by molar-refractivity contribution is 0.0223. The molecular weight excluding hydrogens is 406 g/mol. The number of ether oxygens (including phenoxy) is 1. The third-order valence-corrected chi connectivity index (χ3v) is 5.60. The summed E-state index contributed by atoms with van der Waals surface area (Å²) < 4.78 is 8.45. The highest BCUT2D eigenvalue weighted by Gasteiger charge is 2.30. The Morgan fingerprint density at radius 3 is 2.63 bits per heavy atom. The van der Waals surface area contributed by atoms with E-state index in [0.717, 1.165) is 40.8 Å². The van der Waals surface area contributed by atoms with Crippen molar-refractivity contribution in [2.24, 2.45) is 0 Å². The lowest BCUT2D eigenvalue weighted by atomic mass is 10.1. The molecule has 0 fully saturated rings. The first-order valence-electron chi connectivity index (χ1n) is 9.59. The van der Waals surface area contributed by atoms with E-state index in [-0.39, 0.29) is 6.09 Å². The SMILES string of the molecule is CCc1ccc(CC)c(-n2nc3c(c2Br)CN(C(=O)OC(C)(C)C)CC3)c1. The van der Waals surface area contributed by atoms with Gasteiger partial charge in [0.1, 0.15) is 10.2 Å². The minimum atomic E-state index is -0.491. The molecular formula is C21H28BrN3O2. The molecule has 1 aromatic heterocycles. The Labute approximate surface area is 169 Å². The summed E-state index contributed by atoms with van der Waals surface area (Å²) in [5.41, 5.74) is 5.29. The van der Waals surface area contributed by atoms with Crippen LogP contribution in [0.15, 0.2) is 22.8 Å². The zero-order valence-corrected chi connectivity index (χ0v) is 18.4. The Balaban J connectivity index is 1.93. The van der Waals surface area contributed by atoms with Gasteiger partial charge in [-0.25, -0.2) is 9.48 Å². The normalized spacial score (nSPS) is 14.2. The van der Waals surface area contributed by atoms with E-state index in [4.69, 9.17) is 9.84 Å². The first-order chi connectivity index (χ1) is 12.7. The third kappa shape index (κ3) is 4.21. The van der Waals surface area contributed by atoms with Gasteiger partial charge in [0.25, 0.3) is 0 Å². The van der Waals surface area contributed by atoms with Gasteiger partial charge in [0.15, 0.2) is 0 Å². The lowest BCUT2D eigenvalue weighted by Crippen LogP contribution is -2.39. The molecule has 2 heterocycles. The Morgan fingerprint density at radius 1 is 1.26 bits per heavy atom. The maximum atomic E-state index is 12.5. The van der Waals surface area contributed by atoms with Crippen molar-refractivity contribution in [3.8, 4) is 5.69 Å². The fraction of sp³-hybridized carbons (Fsp3) is 0.524. The van der Waals surface area contributed by atoms with Crippen molar-refractivity contribution in [3.05, 3.63) is 45.2 Å². The van der Waals surface area contributed by atoms with Gasteiger partial charge in [-0.2, -0.15) is 5.10 Å². The van der Waals surface area contributed by atoms with Gasteiger partial charge in [0.2, 0.25) is 0 Å². The van der Waals surface area contributed by atoms with Crippen molar-refractivity contribution >= 4 is 22.0 Å². The number of halogens is 1. The van der Waals surface area contributed by atoms with E-state index in [9.17, 15) is 4.79 Å². The average Bonchev–Trinajstić information content (AvgIpc) is 2.95. The van der Waals surface area contributed by atoms with Crippen LogP contribution in [0.25, 0.3) is 5.69 Å². The molecule has 0 N–H and O–H groups in total. The maximum Gasteiger partial charge on any atom is 0.410 e. The van der Waals surface area contributed by atoms with Crippen LogP contribution in [0, 0.1) is 0 Å². The summed E-state index contributed by atoms with van der Waals surface area (Å²) in [5.74, 6) is 0. The first-order valence-corrected chi connectivity index (χ1v) is 10.4. The standard InChI is InChI=1S/C21H28BrN3O2/c1-6-14-8-9-15(7-2)18(12-14)25-19(22)16-13-24(11-10-17(16)23-25)20(26)27-21(3,4)5/h8-9,12H,6-7,10-11,13H2,1-5H3. The van der Waals surface area contributed by atoms with Gasteiger partial charge >= 0.3 is 6.09 Å². The maximum absolute atomic E-state index is 12.5. The molecule has 2 aromatic rings. The number of hydrogen-bond acceptors (Lipinski definition) is 3. The summed E-state index contributed by atoms with van der Waals surface area (Å²) in [4.78, 5) is 14.2. The number of carbonyl (C=O) groups is 1. The Kier molecular flexibility index (Phi) is 5.65. The second-order valence-corrected chi connectivity index (χ2v) is 8.70. The van der Waals surface area contributed by atoms with Crippen LogP contribution in [-0.4, -0.2) is 32.9 Å². The van der Waals surface area contributed by atoms with Gasteiger partial charge in [-0.05, 0) is 66.7 Å². The first kappa shape index (κ1) is 19.9. The number of aryl methyl sites for hydroxylation is 2. The van der Waals surface area contributed by atoms with Gasteiger partial charge in [0, 0.05) is 18.5 Å². The molecule has 0 aliphatic carbocycles. The summed E-state index contributed by atoms with van der Waals surface area (Å²) >= 11 is 3.74. The fourth-order valence-corrected chi connectivity index (χ4v) is 3.93. The molecule has 5 nitrogen and oxygen atoms in total. The predicted molar refractivity (Wildman–Crippen MR) is 110 cm³/mol. The molecule has 146 valence electrons. The van der Waals surface area contributed by atoms with E-state index < -0.39 is 5.60 Å². The summed E-state index contributed by atoms with van der Waals surface area (Å²) in [7, 11) is 0. The van der Waals surface area contributed by atoms with E-state index >= 15 is 0 Å². The van der Waals surface area contributed by atoms with Gasteiger partial charge < -0.3 is 9.64 Å². The number of hydrogen-bond donors (Lipinski definition) is 0. The molecule has 0 spiro atoms. The number of rotatable bonds is 3. The zero-order chi connectivity index (χ0) is 19.8. The van der Waals surface area contributed by atoms with Gasteiger partial charge in [-0.1, -0.05) is 26.0 Å². The van der Waals surface area contributed by atoms with Crippen molar-refractivity contribution in [2.75, 3.05) is 6.54 Å². The number of aromatic nitrogens is 2. The number of carbonyl (C=O) groups excluding carboxylic acids is 1. The van der Waals surface area contributed by atoms with Crippen LogP contribution in [0.4, 0.5) is 4.79 Å². The molecule has 1 aliphatic heterocycles. The van der Waals surface area contributed by atoms with Crippen LogP contribution in [0.2, 0.25) is 0 Å². The number of nitrogens with zero attached hydrogens (tertiary/aromatic N) is 3. The van der Waals surface area contributed by atoms with Gasteiger partial charge in [0.05, 0.1) is 17.9 Å². The molecule has 3 rings (SSSR count). The molecule has 0 saturated carbocycles. The highest BCUT2D eigenvalue weighted by atomic mass is 79.9. The minimum absolute atomic E-state index is 0.268. The van der Waals surface area contributed by atoms with Crippen molar-refractivity contribution < 1.29 is 9.53 Å². The van der Waals surface area contributed by atoms with Crippen LogP contribution in [-0.2, 0) is 30.5 Å². The van der Waals surface area contributed by atoms with Crippen LogP contribution >= 0.6 is 15.9 Å². The molecule has 1 aromatic carbocycles. The van der Waals surface area contributed by atoms with Crippen LogP contribution in [0.1, 0.15) is 57.0 Å². The molecule has 0 atom stereocenters. The quantitative estimate of drug-likeness (QED) is 0.679. The largest absolute Gasteiger partial charge is 0.444 e. The molecule has 27 heavy (non-hydrogen) atoms. The molecule has 0 saturated heterocycles. The summed E-state index contributed by atoms with van der Waals surface area (Å²) in [6, 6.07) is 6.59. The van der Waals surface area contributed by atoms with Gasteiger partial charge in [-0.3, -0.25) is 0 Å². The Morgan fingerprint density at radius 2 is 2.00 bits per heavy atom. The van der Waals surface area contributed by atoms with Crippen LogP contribution < -0.4 is 0 Å². The highest BCUT2D eigenvalue weighted by Crippen LogP contribution is 2.31. The van der Waals surface area contributed by atoms with E-state index in [1.165, 1.54) is 11.1 Å². The minimum Gasteiger partial charge on any atom is -0.444 e. The number of fused-ring (bicyclic) bond motifs is 1. The topological polar surface area (TPSA) is 47.4 Å². The molecule has 1 amide bonds. The van der Waals surface area contributed by atoms with E-state index in [1.807, 2.05) is 25.5 Å². The molecule has 0 radical (unpaired) electrons. The predicted octanol–water partition coefficient (Wildman–Crippen LogP) is 5.05. The monoisotopic (exact) mass is 433 g/mol. The summed E-state index contributed by atoms with van der Waals surface area (Å²) in [6.07, 6.45) is 2.40. The third-order valence-electron chi connectivity index (χ3n) is 4.79. The van der Waals surface area contributed by atoms with Crippen molar-refractivity contribution in [2.45, 2.75) is 66.0 Å². The molecule has 1 aliphatic rings. The Bertz CT molecular complexity index is 852. The second kappa shape index (κ2) is 7.66. The van der Waals surface area contributed by atoms with Crippen LogP contribution in [0.5, 0.6) is 0 Å². The zero-order valence-electron chi connectivity index (χ0n) is 16.8. The van der Waals surface area contributed by atoms with Crippen molar-refractivity contribution in [1.82, 2.24) is 14.7 Å². The number of benzene rings is 1. The molecule has 0 unspecified atom stereocenters. The van der Waals surface area contributed by atoms with E-state index in [0.29, 0.717) is 13.1 Å². The van der Waals surface area contributed by atoms with Gasteiger partial charge in [-0.15, -0.1) is 0 Å². The molecule has 0 bridgehead atoms. The average molecular weight is 434 g/mol. The van der Waals surface area contributed by atoms with Crippen molar-refractivity contribution in [3.63, 3.8) is 0 Å².